The lowest BCUT2D eigenvalue weighted by atomic mass is 10.8. The van der Waals surface area contributed by atoms with Crippen molar-refractivity contribution in [1.82, 2.24) is 0 Å². The molecule has 0 rings (SSSR count). The van der Waals surface area contributed by atoms with Gasteiger partial charge in [-0.15, -0.1) is 0 Å². The van der Waals surface area contributed by atoms with Gasteiger partial charge in [0.25, 0.3) is 0 Å². The van der Waals surface area contributed by atoms with Crippen LogP contribution in [-0.4, -0.2) is 25.9 Å². The molecule has 0 amide bonds. The zero-order valence-corrected chi connectivity index (χ0v) is 8.67. The van der Waals surface area contributed by atoms with Gasteiger partial charge in [0.1, 0.15) is 0 Å². The molecule has 0 aromatic rings. The molecule has 0 saturated heterocycles. The van der Waals surface area contributed by atoms with E-state index in [-0.39, 0.29) is 0 Å². The fourth-order valence-electron chi connectivity index (χ4n) is 0.552. The van der Waals surface area contributed by atoms with E-state index in [0.717, 1.165) is 0 Å². The van der Waals surface area contributed by atoms with Crippen molar-refractivity contribution in [3.63, 3.8) is 0 Å². The third-order valence-electron chi connectivity index (χ3n) is 1.07. The molecule has 0 aromatic carbocycles. The first kappa shape index (κ1) is 12.0. The molecule has 0 fully saturated rings. The van der Waals surface area contributed by atoms with Gasteiger partial charge in [0.15, 0.2) is 6.16 Å². The maximum atomic E-state index is 10.9. The van der Waals surface area contributed by atoms with Crippen molar-refractivity contribution in [2.75, 3.05) is 19.4 Å². The Labute approximate surface area is 74.1 Å². The van der Waals surface area contributed by atoms with Crippen LogP contribution in [0.1, 0.15) is 20.8 Å². The summed E-state index contributed by atoms with van der Waals surface area (Å²) in [4.78, 5) is 0. The molecule has 0 heterocycles. The van der Waals surface area contributed by atoms with Crippen LogP contribution in [0.3, 0.4) is 0 Å². The summed E-state index contributed by atoms with van der Waals surface area (Å²) in [5.74, 6) is 0. The van der Waals surface area contributed by atoms with Gasteiger partial charge in [-0.3, -0.25) is 0 Å². The average Bonchev–Trinajstić information content (AvgIpc) is 2.05. The molecule has 0 N–H and O–H groups in total. The van der Waals surface area contributed by atoms with Crippen LogP contribution in [0.25, 0.3) is 0 Å². The van der Waals surface area contributed by atoms with Gasteiger partial charge >= 0.3 is 14.5 Å². The molecule has 0 bridgehead atoms. The zero-order chi connectivity index (χ0) is 9.40. The largest absolute Gasteiger partial charge is 0.513 e. The first-order valence-electron chi connectivity index (χ1n) is 4.09. The molecular weight excluding hydrogens is 179 g/mol. The number of rotatable bonds is 7. The van der Waals surface area contributed by atoms with Crippen molar-refractivity contribution in [3.8, 4) is 0 Å². The van der Waals surface area contributed by atoms with Crippen LogP contribution in [0.2, 0.25) is 0 Å². The van der Waals surface area contributed by atoms with Crippen LogP contribution in [0, 0.1) is 0 Å². The van der Waals surface area contributed by atoms with Crippen LogP contribution >= 0.6 is 8.03 Å². The maximum Gasteiger partial charge on any atom is 0.513 e. The molecule has 0 aliphatic carbocycles. The van der Waals surface area contributed by atoms with Crippen molar-refractivity contribution in [3.05, 3.63) is 0 Å². The second-order valence-corrected chi connectivity index (χ2v) is 3.46. The van der Waals surface area contributed by atoms with Crippen LogP contribution < -0.4 is 0 Å². The van der Waals surface area contributed by atoms with Crippen molar-refractivity contribution >= 4 is 8.03 Å². The second-order valence-electron chi connectivity index (χ2n) is 1.95. The van der Waals surface area contributed by atoms with Crippen LogP contribution in [0.15, 0.2) is 0 Å². The second kappa shape index (κ2) is 7.62. The highest BCUT2D eigenvalue weighted by Crippen LogP contribution is 2.24. The topological polar surface area (TPSA) is 44.8 Å². The summed E-state index contributed by atoms with van der Waals surface area (Å²) in [5.41, 5.74) is 0. The summed E-state index contributed by atoms with van der Waals surface area (Å²) < 4.78 is 25.9. The smallest absolute Gasteiger partial charge is 0.327 e. The van der Waals surface area contributed by atoms with E-state index >= 15 is 0 Å². The van der Waals surface area contributed by atoms with Crippen molar-refractivity contribution < 1.29 is 18.6 Å². The Balaban J connectivity index is 3.68. The quantitative estimate of drug-likeness (QED) is 0.461. The molecule has 4 nitrogen and oxygen atoms in total. The highest BCUT2D eigenvalue weighted by molar-refractivity contribution is 7.39. The first-order chi connectivity index (χ1) is 5.74. The summed E-state index contributed by atoms with van der Waals surface area (Å²) in [6.07, 6.45) is 0.478. The Morgan fingerprint density at radius 2 is 1.67 bits per heavy atom. The zero-order valence-electron chi connectivity index (χ0n) is 7.78. The fourth-order valence-corrected chi connectivity index (χ4v) is 1.01. The molecule has 1 atom stereocenters. The lowest BCUT2D eigenvalue weighted by Gasteiger charge is -2.09. The summed E-state index contributed by atoms with van der Waals surface area (Å²) in [5, 5.41) is 0. The van der Waals surface area contributed by atoms with Crippen molar-refractivity contribution in [1.29, 1.82) is 0 Å². The molecule has 0 aromatic heterocycles. The monoisotopic (exact) mass is 195 g/mol. The van der Waals surface area contributed by atoms with Crippen molar-refractivity contribution in [2.45, 2.75) is 27.2 Å². The van der Waals surface area contributed by atoms with E-state index in [1.165, 1.54) is 0 Å². The fraction of sp³-hybridized carbons (Fsp3) is 1.00. The van der Waals surface area contributed by atoms with Crippen molar-refractivity contribution in [2.24, 2.45) is 0 Å². The molecule has 0 aliphatic heterocycles. The minimum absolute atomic E-state index is 0.478. The normalized spacial score (nSPS) is 12.2. The van der Waals surface area contributed by atoms with E-state index < -0.39 is 14.5 Å². The molecule has 1 unspecified atom stereocenters. The van der Waals surface area contributed by atoms with Gasteiger partial charge in [-0.25, -0.2) is 0 Å². The predicted octanol–water partition coefficient (Wildman–Crippen LogP) is 2.12. The average molecular weight is 195 g/mol. The molecule has 0 radical (unpaired) electrons. The minimum atomic E-state index is -1.64. The number of hydrogen-bond donors (Lipinski definition) is 0. The van der Waals surface area contributed by atoms with E-state index in [1.807, 2.05) is 13.8 Å². The predicted molar refractivity (Wildman–Crippen MR) is 46.3 cm³/mol. The molecule has 5 heteroatoms. The molecule has 0 aliphatic rings. The number of ether oxygens (including phenoxy) is 2. The third-order valence-corrected chi connectivity index (χ3v) is 1.99. The van der Waals surface area contributed by atoms with Gasteiger partial charge in [0.05, 0.1) is 0 Å². The lowest BCUT2D eigenvalue weighted by Crippen LogP contribution is -2.18. The Bertz CT molecular complexity index is 123. The van der Waals surface area contributed by atoms with Gasteiger partial charge in [-0.2, -0.15) is 0 Å². The van der Waals surface area contributed by atoms with Crippen LogP contribution in [0.5, 0.6) is 0 Å². The van der Waals surface area contributed by atoms with Gasteiger partial charge in [-0.1, -0.05) is 4.52 Å². The van der Waals surface area contributed by atoms with Gasteiger partial charge in [0, 0.05) is 13.2 Å². The Morgan fingerprint density at radius 1 is 1.17 bits per heavy atom. The Hall–Kier alpha value is -0.0200. The summed E-state index contributed by atoms with van der Waals surface area (Å²) in [6.45, 7) is 5.63. The highest BCUT2D eigenvalue weighted by atomic mass is 31.1. The van der Waals surface area contributed by atoms with Gasteiger partial charge in [-0.05, 0) is 25.3 Å². The first-order valence-corrected chi connectivity index (χ1v) is 5.45. The van der Waals surface area contributed by atoms with E-state index in [0.29, 0.717) is 19.4 Å². The SMILES string of the molecule is CCOC(OCC)O[P+](=O)CC. The molecular formula is C7H16O4P+. The number of hydrogen-bond acceptors (Lipinski definition) is 4. The summed E-state index contributed by atoms with van der Waals surface area (Å²) in [6, 6.07) is 0. The minimum Gasteiger partial charge on any atom is -0.327 e. The Morgan fingerprint density at radius 3 is 2.00 bits per heavy atom. The van der Waals surface area contributed by atoms with Gasteiger partial charge in [0.2, 0.25) is 0 Å². The highest BCUT2D eigenvalue weighted by Gasteiger charge is 2.22. The van der Waals surface area contributed by atoms with Gasteiger partial charge < -0.3 is 9.47 Å². The van der Waals surface area contributed by atoms with Crippen LogP contribution in [-0.2, 0) is 18.6 Å². The molecule has 0 spiro atoms. The summed E-state index contributed by atoms with van der Waals surface area (Å²) >= 11 is 0. The lowest BCUT2D eigenvalue weighted by molar-refractivity contribution is -0.240. The van der Waals surface area contributed by atoms with E-state index in [2.05, 4.69) is 0 Å². The maximum absolute atomic E-state index is 10.9. The van der Waals surface area contributed by atoms with E-state index in [9.17, 15) is 4.57 Å². The summed E-state index contributed by atoms with van der Waals surface area (Å²) in [7, 11) is -1.64. The third kappa shape index (κ3) is 5.61. The molecule has 12 heavy (non-hydrogen) atoms. The standard InChI is InChI=1S/C7H16O4P/c1-4-9-7(10-5-2)11-12(8)6-3/h7H,4-6H2,1-3H3/q+1. The molecule has 72 valence electrons. The van der Waals surface area contributed by atoms with E-state index in [4.69, 9.17) is 14.0 Å². The van der Waals surface area contributed by atoms with Crippen LogP contribution in [0.4, 0.5) is 0 Å². The van der Waals surface area contributed by atoms with E-state index in [1.54, 1.807) is 6.92 Å². The Kier molecular flexibility index (Phi) is 7.61. The molecule has 0 saturated carbocycles.